The van der Waals surface area contributed by atoms with E-state index in [1.807, 2.05) is 36.4 Å². The van der Waals surface area contributed by atoms with Crippen LogP contribution in [0.1, 0.15) is 27.9 Å². The van der Waals surface area contributed by atoms with Gasteiger partial charge in [-0.05, 0) is 34.9 Å². The predicted molar refractivity (Wildman–Crippen MR) is 74.2 cm³/mol. The van der Waals surface area contributed by atoms with Crippen molar-refractivity contribution in [3.8, 4) is 16.9 Å². The quantitative estimate of drug-likeness (QED) is 0.708. The van der Waals surface area contributed by atoms with Crippen LogP contribution in [0.15, 0.2) is 42.5 Å². The number of allylic oxidation sites excluding steroid dienone is 1. The molecule has 0 radical (unpaired) electrons. The molecule has 1 aliphatic carbocycles. The lowest BCUT2D eigenvalue weighted by molar-refractivity contribution is 0.0994. The van der Waals surface area contributed by atoms with E-state index >= 15 is 0 Å². The smallest absolute Gasteiger partial charge is 0.167 e. The van der Waals surface area contributed by atoms with Gasteiger partial charge < -0.3 is 4.74 Å². The molecule has 4 rings (SSSR count). The minimum Gasteiger partial charge on any atom is -0.488 e. The zero-order chi connectivity index (χ0) is 12.8. The Morgan fingerprint density at radius 1 is 1.00 bits per heavy atom. The van der Waals surface area contributed by atoms with Gasteiger partial charge in [-0.1, -0.05) is 30.4 Å². The van der Waals surface area contributed by atoms with Gasteiger partial charge in [-0.2, -0.15) is 0 Å². The fourth-order valence-electron chi connectivity index (χ4n) is 2.78. The van der Waals surface area contributed by atoms with Gasteiger partial charge in [0.25, 0.3) is 0 Å². The van der Waals surface area contributed by atoms with Gasteiger partial charge in [-0.3, -0.25) is 4.79 Å². The number of fused-ring (bicyclic) bond motifs is 4. The Hall–Kier alpha value is -2.35. The summed E-state index contributed by atoms with van der Waals surface area (Å²) in [5, 5.41) is 0. The van der Waals surface area contributed by atoms with Crippen molar-refractivity contribution in [1.29, 1.82) is 0 Å². The first-order valence-electron chi connectivity index (χ1n) is 6.42. The van der Waals surface area contributed by atoms with E-state index in [9.17, 15) is 4.79 Å². The van der Waals surface area contributed by atoms with Gasteiger partial charge in [0.2, 0.25) is 0 Å². The predicted octanol–water partition coefficient (Wildman–Crippen LogP) is 3.85. The van der Waals surface area contributed by atoms with Crippen molar-refractivity contribution in [3.05, 3.63) is 59.2 Å². The van der Waals surface area contributed by atoms with E-state index in [1.54, 1.807) is 0 Å². The summed E-state index contributed by atoms with van der Waals surface area (Å²) in [7, 11) is 0. The monoisotopic (exact) mass is 248 g/mol. The number of hydrogen-bond donors (Lipinski definition) is 0. The largest absolute Gasteiger partial charge is 0.488 e. The molecule has 0 atom stereocenters. The van der Waals surface area contributed by atoms with Crippen LogP contribution >= 0.6 is 0 Å². The maximum Gasteiger partial charge on any atom is 0.167 e. The highest BCUT2D eigenvalue weighted by Gasteiger charge is 2.21. The number of para-hydroxylation sites is 1. The molecule has 19 heavy (non-hydrogen) atoms. The van der Waals surface area contributed by atoms with Crippen molar-refractivity contribution in [1.82, 2.24) is 0 Å². The van der Waals surface area contributed by atoms with Crippen LogP contribution in [0.2, 0.25) is 0 Å². The Bertz CT molecular complexity index is 726. The molecule has 0 amide bonds. The molecule has 0 spiro atoms. The summed E-state index contributed by atoms with van der Waals surface area (Å²) in [6, 6.07) is 12.1. The van der Waals surface area contributed by atoms with Crippen LogP contribution in [-0.4, -0.2) is 5.78 Å². The highest BCUT2D eigenvalue weighted by Crippen LogP contribution is 2.39. The summed E-state index contributed by atoms with van der Waals surface area (Å²) in [5.74, 6) is 1.11. The molecule has 2 heteroatoms. The molecule has 0 aromatic heterocycles. The van der Waals surface area contributed by atoms with Crippen molar-refractivity contribution >= 4 is 11.9 Å². The molecule has 0 saturated carbocycles. The van der Waals surface area contributed by atoms with E-state index in [-0.39, 0.29) is 5.78 Å². The number of ether oxygens (including phenoxy) is 1. The van der Waals surface area contributed by atoms with E-state index in [2.05, 4.69) is 12.1 Å². The minimum atomic E-state index is 0.194. The Labute approximate surface area is 111 Å². The fourth-order valence-corrected chi connectivity index (χ4v) is 2.78. The molecule has 1 aliphatic heterocycles. The fraction of sp³-hybridized carbons (Fsp3) is 0.118. The van der Waals surface area contributed by atoms with Crippen molar-refractivity contribution in [3.63, 3.8) is 0 Å². The van der Waals surface area contributed by atoms with Crippen LogP contribution in [0.3, 0.4) is 0 Å². The lowest BCUT2D eigenvalue weighted by Crippen LogP contribution is -2.10. The van der Waals surface area contributed by atoms with Crippen molar-refractivity contribution in [2.24, 2.45) is 0 Å². The molecular weight excluding hydrogens is 236 g/mol. The highest BCUT2D eigenvalue weighted by molar-refractivity contribution is 6.03. The van der Waals surface area contributed by atoms with Crippen LogP contribution in [0.25, 0.3) is 17.2 Å². The van der Waals surface area contributed by atoms with Crippen LogP contribution in [0.4, 0.5) is 0 Å². The Morgan fingerprint density at radius 2 is 1.89 bits per heavy atom. The normalized spacial score (nSPS) is 15.3. The van der Waals surface area contributed by atoms with Gasteiger partial charge in [0.1, 0.15) is 12.4 Å². The molecule has 0 N–H and O–H groups in total. The number of benzene rings is 2. The molecule has 0 unspecified atom stereocenters. The van der Waals surface area contributed by atoms with E-state index in [0.29, 0.717) is 13.0 Å². The number of hydrogen-bond acceptors (Lipinski definition) is 2. The number of Topliss-reactive ketones (excluding diaryl/α,β-unsaturated/α-hetero) is 1. The van der Waals surface area contributed by atoms with Crippen LogP contribution in [0, 0.1) is 0 Å². The molecule has 2 nitrogen and oxygen atoms in total. The van der Waals surface area contributed by atoms with Gasteiger partial charge in [0, 0.05) is 17.5 Å². The first kappa shape index (κ1) is 10.6. The van der Waals surface area contributed by atoms with Crippen LogP contribution in [-0.2, 0) is 6.61 Å². The molecule has 1 heterocycles. The van der Waals surface area contributed by atoms with E-state index < -0.39 is 0 Å². The van der Waals surface area contributed by atoms with E-state index in [4.69, 9.17) is 4.74 Å². The van der Waals surface area contributed by atoms with Crippen LogP contribution in [0.5, 0.6) is 5.75 Å². The SMILES string of the molecule is O=C1CC=Cc2cc3c(cc21)COc1ccccc1-3. The van der Waals surface area contributed by atoms with Crippen molar-refractivity contribution in [2.45, 2.75) is 13.0 Å². The summed E-state index contributed by atoms with van der Waals surface area (Å²) >= 11 is 0. The molecule has 0 fully saturated rings. The Kier molecular flexibility index (Phi) is 2.12. The topological polar surface area (TPSA) is 26.3 Å². The second-order valence-corrected chi connectivity index (χ2v) is 4.91. The molecule has 92 valence electrons. The van der Waals surface area contributed by atoms with Gasteiger partial charge in [-0.15, -0.1) is 0 Å². The molecule has 0 saturated heterocycles. The third-order valence-corrected chi connectivity index (χ3v) is 3.74. The summed E-state index contributed by atoms with van der Waals surface area (Å²) in [6.07, 6.45) is 4.47. The standard InChI is InChI=1S/C17H12O2/c18-16-6-3-4-11-8-14-12(9-15(11)16)10-19-17-7-2-1-5-13(14)17/h1-5,7-9H,6,10H2. The first-order valence-corrected chi connectivity index (χ1v) is 6.42. The summed E-state index contributed by atoms with van der Waals surface area (Å²) < 4.78 is 5.75. The third-order valence-electron chi connectivity index (χ3n) is 3.74. The zero-order valence-corrected chi connectivity index (χ0v) is 10.3. The summed E-state index contributed by atoms with van der Waals surface area (Å²) in [6.45, 7) is 0.538. The minimum absolute atomic E-state index is 0.194. The van der Waals surface area contributed by atoms with Gasteiger partial charge >= 0.3 is 0 Å². The zero-order valence-electron chi connectivity index (χ0n) is 10.3. The Morgan fingerprint density at radius 3 is 2.84 bits per heavy atom. The van der Waals surface area contributed by atoms with Gasteiger partial charge in [-0.25, -0.2) is 0 Å². The van der Waals surface area contributed by atoms with Crippen molar-refractivity contribution in [2.75, 3.05) is 0 Å². The molecule has 2 aromatic rings. The Balaban J connectivity index is 1.99. The first-order chi connectivity index (χ1) is 9.33. The number of ketones is 1. The van der Waals surface area contributed by atoms with Gasteiger partial charge in [0.15, 0.2) is 5.78 Å². The second kappa shape index (κ2) is 3.82. The molecule has 0 bridgehead atoms. The maximum absolute atomic E-state index is 11.9. The lowest BCUT2D eigenvalue weighted by atomic mass is 9.88. The summed E-state index contributed by atoms with van der Waals surface area (Å²) in [5.41, 5.74) is 5.23. The van der Waals surface area contributed by atoms with Gasteiger partial charge in [0.05, 0.1) is 0 Å². The third kappa shape index (κ3) is 1.53. The highest BCUT2D eigenvalue weighted by atomic mass is 16.5. The lowest BCUT2D eigenvalue weighted by Gasteiger charge is -2.23. The van der Waals surface area contributed by atoms with Crippen molar-refractivity contribution < 1.29 is 9.53 Å². The van der Waals surface area contributed by atoms with E-state index in [0.717, 1.165) is 28.0 Å². The number of carbonyl (C=O) groups is 1. The average Bonchev–Trinajstić information content (AvgIpc) is 2.46. The second-order valence-electron chi connectivity index (χ2n) is 4.91. The molecule has 2 aliphatic rings. The van der Waals surface area contributed by atoms with Crippen LogP contribution < -0.4 is 4.74 Å². The number of carbonyl (C=O) groups excluding carboxylic acids is 1. The molecule has 2 aromatic carbocycles. The average molecular weight is 248 g/mol. The molecular formula is C17H12O2. The summed E-state index contributed by atoms with van der Waals surface area (Å²) in [4.78, 5) is 11.9. The maximum atomic E-state index is 11.9. The van der Waals surface area contributed by atoms with E-state index in [1.165, 1.54) is 5.56 Å². The number of rotatable bonds is 0.